The highest BCUT2D eigenvalue weighted by atomic mass is 19.1. The number of esters is 1. The van der Waals surface area contributed by atoms with Gasteiger partial charge in [-0.3, -0.25) is 14.6 Å². The number of fused-ring (bicyclic) bond motifs is 1. The molecule has 3 aromatic rings. The minimum atomic E-state index is -0.385. The zero-order valence-electron chi connectivity index (χ0n) is 21.1. The van der Waals surface area contributed by atoms with Gasteiger partial charge in [-0.05, 0) is 56.5 Å². The van der Waals surface area contributed by atoms with E-state index in [9.17, 15) is 14.0 Å². The lowest BCUT2D eigenvalue weighted by Crippen LogP contribution is -2.32. The fourth-order valence-electron chi connectivity index (χ4n) is 4.02. The van der Waals surface area contributed by atoms with Crippen LogP contribution in [0, 0.1) is 5.82 Å². The van der Waals surface area contributed by atoms with Gasteiger partial charge in [0, 0.05) is 43.2 Å². The number of nitrogens with zero attached hydrogens (tertiary/aromatic N) is 2. The van der Waals surface area contributed by atoms with Gasteiger partial charge in [0.05, 0.1) is 31.3 Å². The van der Waals surface area contributed by atoms with Crippen molar-refractivity contribution in [1.82, 2.24) is 9.88 Å². The van der Waals surface area contributed by atoms with Crippen molar-refractivity contribution in [2.75, 3.05) is 25.6 Å². The van der Waals surface area contributed by atoms with Crippen LogP contribution in [0.2, 0.25) is 0 Å². The number of nitrogens with one attached hydrogen (secondary N) is 1. The van der Waals surface area contributed by atoms with Gasteiger partial charge in [0.1, 0.15) is 11.6 Å². The molecule has 0 fully saturated rings. The second kappa shape index (κ2) is 13.4. The van der Waals surface area contributed by atoms with E-state index in [1.165, 1.54) is 12.1 Å². The van der Waals surface area contributed by atoms with Crippen LogP contribution in [-0.4, -0.2) is 48.1 Å². The minimum absolute atomic E-state index is 0.0421. The number of carbonyl (C=O) groups excluding carboxylic acids is 2. The fourth-order valence-corrected chi connectivity index (χ4v) is 4.02. The molecule has 8 heteroatoms. The van der Waals surface area contributed by atoms with Crippen molar-refractivity contribution in [1.29, 1.82) is 0 Å². The summed E-state index contributed by atoms with van der Waals surface area (Å²) in [5, 5.41) is 4.51. The molecule has 1 heterocycles. The molecule has 7 nitrogen and oxygen atoms in total. The Morgan fingerprint density at radius 1 is 1.14 bits per heavy atom. The van der Waals surface area contributed by atoms with Crippen molar-refractivity contribution in [2.45, 2.75) is 52.1 Å². The van der Waals surface area contributed by atoms with E-state index in [1.54, 1.807) is 37.3 Å². The summed E-state index contributed by atoms with van der Waals surface area (Å²) in [6.45, 7) is 4.98. The van der Waals surface area contributed by atoms with Crippen LogP contribution in [0.1, 0.15) is 45.1 Å². The summed E-state index contributed by atoms with van der Waals surface area (Å²) in [6.07, 6.45) is 3.43. The average Bonchev–Trinajstić information content (AvgIpc) is 2.88. The molecule has 1 N–H and O–H groups in total. The SMILES string of the molecule is CCOC(=O)CCC(=O)N(CCCC(C)Nc1cc(OC)cc2cccnc12)Cc1ccc(F)cc1. The normalized spacial score (nSPS) is 11.7. The molecule has 0 spiro atoms. The Bertz CT molecular complexity index is 1150. The van der Waals surface area contributed by atoms with Gasteiger partial charge in [0.25, 0.3) is 0 Å². The molecule has 192 valence electrons. The molecule has 0 aliphatic rings. The topological polar surface area (TPSA) is 80.8 Å². The van der Waals surface area contributed by atoms with Crippen molar-refractivity contribution in [3.05, 3.63) is 66.1 Å². The molecule has 1 unspecified atom stereocenters. The predicted octanol–water partition coefficient (Wildman–Crippen LogP) is 5.34. The van der Waals surface area contributed by atoms with Crippen LogP contribution in [0.3, 0.4) is 0 Å². The summed E-state index contributed by atoms with van der Waals surface area (Å²) in [5.41, 5.74) is 2.60. The molecule has 1 atom stereocenters. The Balaban J connectivity index is 1.61. The van der Waals surface area contributed by atoms with Gasteiger partial charge in [-0.2, -0.15) is 0 Å². The van der Waals surface area contributed by atoms with Crippen LogP contribution in [0.4, 0.5) is 10.1 Å². The maximum Gasteiger partial charge on any atom is 0.306 e. The maximum absolute atomic E-state index is 13.3. The molecule has 0 saturated heterocycles. The zero-order valence-corrected chi connectivity index (χ0v) is 21.1. The van der Waals surface area contributed by atoms with Gasteiger partial charge in [-0.1, -0.05) is 18.2 Å². The van der Waals surface area contributed by atoms with Crippen molar-refractivity contribution < 1.29 is 23.5 Å². The van der Waals surface area contributed by atoms with E-state index in [0.29, 0.717) is 13.1 Å². The largest absolute Gasteiger partial charge is 0.497 e. The monoisotopic (exact) mass is 495 g/mol. The molecule has 0 saturated carbocycles. The molecule has 1 amide bonds. The first-order valence-corrected chi connectivity index (χ1v) is 12.3. The molecule has 1 aromatic heterocycles. The Morgan fingerprint density at radius 2 is 1.92 bits per heavy atom. The lowest BCUT2D eigenvalue weighted by Gasteiger charge is -2.24. The van der Waals surface area contributed by atoms with Gasteiger partial charge >= 0.3 is 5.97 Å². The summed E-state index contributed by atoms with van der Waals surface area (Å²) >= 11 is 0. The molecular weight excluding hydrogens is 461 g/mol. The maximum atomic E-state index is 13.3. The lowest BCUT2D eigenvalue weighted by atomic mass is 10.1. The highest BCUT2D eigenvalue weighted by molar-refractivity contribution is 5.92. The summed E-state index contributed by atoms with van der Waals surface area (Å²) in [6, 6.07) is 14.0. The Kier molecular flexibility index (Phi) is 10.0. The zero-order chi connectivity index (χ0) is 25.9. The Hall–Kier alpha value is -3.68. The third-order valence-corrected chi connectivity index (χ3v) is 5.87. The summed E-state index contributed by atoms with van der Waals surface area (Å²) in [7, 11) is 1.64. The van der Waals surface area contributed by atoms with Gasteiger partial charge in [0.15, 0.2) is 0 Å². The Morgan fingerprint density at radius 3 is 2.64 bits per heavy atom. The summed E-state index contributed by atoms with van der Waals surface area (Å²) in [4.78, 5) is 30.9. The average molecular weight is 496 g/mol. The van der Waals surface area contributed by atoms with Crippen molar-refractivity contribution in [3.63, 3.8) is 0 Å². The smallest absolute Gasteiger partial charge is 0.306 e. The molecule has 3 rings (SSSR count). The van der Waals surface area contributed by atoms with Crippen LogP contribution in [0.5, 0.6) is 5.75 Å². The third kappa shape index (κ3) is 7.93. The number of hydrogen-bond acceptors (Lipinski definition) is 6. The van der Waals surface area contributed by atoms with E-state index in [4.69, 9.17) is 9.47 Å². The van der Waals surface area contributed by atoms with Crippen LogP contribution in [0.15, 0.2) is 54.7 Å². The van der Waals surface area contributed by atoms with Gasteiger partial charge in [-0.25, -0.2) is 4.39 Å². The van der Waals surface area contributed by atoms with E-state index in [-0.39, 0.29) is 43.2 Å². The van der Waals surface area contributed by atoms with Crippen LogP contribution < -0.4 is 10.1 Å². The second-order valence-electron chi connectivity index (χ2n) is 8.68. The van der Waals surface area contributed by atoms with E-state index in [2.05, 4.69) is 17.2 Å². The number of halogens is 1. The van der Waals surface area contributed by atoms with E-state index in [0.717, 1.165) is 40.7 Å². The number of hydrogen-bond donors (Lipinski definition) is 1. The third-order valence-electron chi connectivity index (χ3n) is 5.87. The summed E-state index contributed by atoms with van der Waals surface area (Å²) < 4.78 is 23.7. The number of methoxy groups -OCH3 is 1. The number of amides is 1. The number of benzene rings is 2. The van der Waals surface area contributed by atoms with Crippen LogP contribution >= 0.6 is 0 Å². The quantitative estimate of drug-likeness (QED) is 0.323. The van der Waals surface area contributed by atoms with Crippen LogP contribution in [0.25, 0.3) is 10.9 Å². The number of rotatable bonds is 13. The van der Waals surface area contributed by atoms with E-state index >= 15 is 0 Å². The Labute approximate surface area is 211 Å². The van der Waals surface area contributed by atoms with Crippen molar-refractivity contribution in [3.8, 4) is 5.75 Å². The molecule has 0 bridgehead atoms. The van der Waals surface area contributed by atoms with Crippen LogP contribution in [-0.2, 0) is 20.9 Å². The number of carbonyl (C=O) groups is 2. The lowest BCUT2D eigenvalue weighted by molar-refractivity contribution is -0.145. The number of pyridine rings is 1. The van der Waals surface area contributed by atoms with Gasteiger partial charge < -0.3 is 19.7 Å². The molecular formula is C28H34FN3O4. The molecule has 0 aliphatic carbocycles. The highest BCUT2D eigenvalue weighted by Gasteiger charge is 2.17. The summed E-state index contributed by atoms with van der Waals surface area (Å²) in [5.74, 6) is -0.0817. The first kappa shape index (κ1) is 26.9. The molecule has 2 aromatic carbocycles. The van der Waals surface area contributed by atoms with Gasteiger partial charge in [-0.15, -0.1) is 0 Å². The standard InChI is InChI=1S/C28H34FN3O4/c1-4-36-27(34)14-13-26(33)32(19-21-9-11-23(29)12-10-21)16-6-7-20(2)31-25-18-24(35-3)17-22-8-5-15-30-28(22)25/h5,8-12,15,17-18,20,31H,4,6-7,13-14,16,19H2,1-3H3. The number of ether oxygens (including phenoxy) is 2. The van der Waals surface area contributed by atoms with Crippen molar-refractivity contribution >= 4 is 28.5 Å². The molecule has 0 radical (unpaired) electrons. The molecule has 36 heavy (non-hydrogen) atoms. The second-order valence-corrected chi connectivity index (χ2v) is 8.68. The van der Waals surface area contributed by atoms with Gasteiger partial charge in [0.2, 0.25) is 5.91 Å². The number of anilines is 1. The number of aromatic nitrogens is 1. The first-order chi connectivity index (χ1) is 17.4. The highest BCUT2D eigenvalue weighted by Crippen LogP contribution is 2.28. The minimum Gasteiger partial charge on any atom is -0.497 e. The predicted molar refractivity (Wildman–Crippen MR) is 138 cm³/mol. The molecule has 0 aliphatic heterocycles. The van der Waals surface area contributed by atoms with E-state index in [1.807, 2.05) is 24.3 Å². The fraction of sp³-hybridized carbons (Fsp3) is 0.393. The van der Waals surface area contributed by atoms with Crippen molar-refractivity contribution in [2.24, 2.45) is 0 Å². The van der Waals surface area contributed by atoms with E-state index < -0.39 is 0 Å². The first-order valence-electron chi connectivity index (χ1n) is 12.3.